The van der Waals surface area contributed by atoms with Crippen LogP contribution in [0.4, 0.5) is 0 Å². The number of ketones is 2. The highest BCUT2D eigenvalue weighted by molar-refractivity contribution is 6.01. The molecule has 0 heterocycles. The van der Waals surface area contributed by atoms with Crippen molar-refractivity contribution in [1.29, 1.82) is 0 Å². The first-order valence-corrected chi connectivity index (χ1v) is 13.9. The van der Waals surface area contributed by atoms with Crippen LogP contribution in [0.2, 0.25) is 0 Å². The number of carboxylic acids is 1. The Bertz CT molecular complexity index is 1160. The second-order valence-electron chi connectivity index (χ2n) is 12.3. The van der Waals surface area contributed by atoms with Crippen molar-refractivity contribution in [3.63, 3.8) is 0 Å². The van der Waals surface area contributed by atoms with Crippen molar-refractivity contribution < 1.29 is 49.1 Å². The van der Waals surface area contributed by atoms with Crippen molar-refractivity contribution in [2.24, 2.45) is 28.6 Å². The molecule has 9 atom stereocenters. The summed E-state index contributed by atoms with van der Waals surface area (Å²) < 4.78 is 5.08. The SMILES string of the molecule is C[C@H](O)[C@@H](NC(=O)CCC(=O)OCC(=O)[C@@]1(O)CC[C@H]2[C@@H]3CCC4=CC(=O)C=C[C@]4(C)[C@H]3[C@@H](O)C[C@@]21C)C(=O)O. The van der Waals surface area contributed by atoms with E-state index in [0.29, 0.717) is 12.8 Å². The number of hydrogen-bond donors (Lipinski definition) is 5. The molecule has 220 valence electrons. The fraction of sp³-hybridized carbons (Fsp3) is 0.690. The lowest BCUT2D eigenvalue weighted by Gasteiger charge is -2.59. The van der Waals surface area contributed by atoms with Gasteiger partial charge in [0.25, 0.3) is 0 Å². The van der Waals surface area contributed by atoms with Crippen LogP contribution in [0.25, 0.3) is 0 Å². The highest BCUT2D eigenvalue weighted by Gasteiger charge is 2.68. The van der Waals surface area contributed by atoms with E-state index in [0.717, 1.165) is 12.0 Å². The van der Waals surface area contributed by atoms with Gasteiger partial charge in [0, 0.05) is 23.2 Å². The molecule has 0 saturated heterocycles. The summed E-state index contributed by atoms with van der Waals surface area (Å²) in [4.78, 5) is 60.6. The zero-order valence-corrected chi connectivity index (χ0v) is 23.1. The number of esters is 1. The number of ether oxygens (including phenoxy) is 1. The number of allylic oxidation sites excluding steroid dienone is 4. The van der Waals surface area contributed by atoms with Crippen molar-refractivity contribution in [3.05, 3.63) is 23.8 Å². The zero-order chi connectivity index (χ0) is 29.6. The van der Waals surface area contributed by atoms with Gasteiger partial charge in [-0.1, -0.05) is 25.5 Å². The molecule has 0 aromatic carbocycles. The Kier molecular flexibility index (Phi) is 8.14. The standard InChI is InChI=1S/C29H39NO10/c1-15(31)25(26(37)38)30-22(35)6-7-23(36)40-14-21(34)29(39)11-9-19-18-5-4-16-12-17(32)8-10-27(16,2)24(18)20(33)13-28(19,29)3/h8,10,12,15,18-20,24-25,31,33,39H,4-7,9,11,13-14H2,1-3H3,(H,30,35)(H,37,38)/t15-,18-,19-,20-,24+,25+,27-,28-,29-/m0/s1. The summed E-state index contributed by atoms with van der Waals surface area (Å²) in [6, 6.07) is -1.52. The number of carbonyl (C=O) groups is 5. The number of nitrogens with one attached hydrogen (secondary N) is 1. The number of aliphatic carboxylic acids is 1. The van der Waals surface area contributed by atoms with E-state index in [9.17, 15) is 39.3 Å². The molecule has 0 bridgehead atoms. The maximum absolute atomic E-state index is 13.3. The molecule has 3 saturated carbocycles. The number of rotatable bonds is 9. The lowest BCUT2D eigenvalue weighted by molar-refractivity contribution is -0.181. The third-order valence-corrected chi connectivity index (χ3v) is 10.1. The predicted molar refractivity (Wildman–Crippen MR) is 139 cm³/mol. The Balaban J connectivity index is 1.38. The van der Waals surface area contributed by atoms with Crippen LogP contribution in [0, 0.1) is 28.6 Å². The lowest BCUT2D eigenvalue weighted by Crippen LogP contribution is -2.61. The first-order chi connectivity index (χ1) is 18.6. The van der Waals surface area contributed by atoms with Gasteiger partial charge >= 0.3 is 11.9 Å². The Hall–Kier alpha value is -2.89. The first kappa shape index (κ1) is 30.1. The topological polar surface area (TPSA) is 188 Å². The Labute approximate surface area is 232 Å². The molecule has 4 aliphatic rings. The van der Waals surface area contributed by atoms with Gasteiger partial charge in [-0.2, -0.15) is 0 Å². The van der Waals surface area contributed by atoms with Crippen LogP contribution in [0.15, 0.2) is 23.8 Å². The summed E-state index contributed by atoms with van der Waals surface area (Å²) in [7, 11) is 0. The zero-order valence-electron chi connectivity index (χ0n) is 23.1. The smallest absolute Gasteiger partial charge is 0.328 e. The molecule has 5 N–H and O–H groups in total. The Morgan fingerprint density at radius 1 is 1.18 bits per heavy atom. The number of aliphatic hydroxyl groups is 3. The van der Waals surface area contributed by atoms with E-state index in [4.69, 9.17) is 9.84 Å². The quantitative estimate of drug-likeness (QED) is 0.252. The molecular weight excluding hydrogens is 522 g/mol. The van der Waals surface area contributed by atoms with Gasteiger partial charge in [0.05, 0.1) is 18.6 Å². The van der Waals surface area contributed by atoms with Crippen LogP contribution in [0.3, 0.4) is 0 Å². The van der Waals surface area contributed by atoms with E-state index in [1.54, 1.807) is 12.2 Å². The molecule has 3 fully saturated rings. The van der Waals surface area contributed by atoms with E-state index in [1.165, 1.54) is 6.92 Å². The van der Waals surface area contributed by atoms with E-state index < -0.39 is 77.8 Å². The van der Waals surface area contributed by atoms with E-state index >= 15 is 0 Å². The molecule has 4 rings (SSSR count). The molecule has 4 aliphatic carbocycles. The van der Waals surface area contributed by atoms with Crippen molar-refractivity contribution in [3.8, 4) is 0 Å². The molecule has 0 aromatic rings. The molecule has 11 nitrogen and oxygen atoms in total. The van der Waals surface area contributed by atoms with Gasteiger partial charge in [-0.25, -0.2) is 4.79 Å². The third kappa shape index (κ3) is 5.03. The molecular formula is C29H39NO10. The van der Waals surface area contributed by atoms with Crippen LogP contribution in [-0.2, 0) is 28.7 Å². The third-order valence-electron chi connectivity index (χ3n) is 10.1. The molecule has 0 spiro atoms. The van der Waals surface area contributed by atoms with Gasteiger partial charge in [-0.15, -0.1) is 0 Å². The maximum Gasteiger partial charge on any atom is 0.328 e. The van der Waals surface area contributed by atoms with E-state index in [1.807, 2.05) is 19.9 Å². The number of aliphatic hydroxyl groups excluding tert-OH is 2. The summed E-state index contributed by atoms with van der Waals surface area (Å²) in [5, 5.41) is 43.8. The minimum atomic E-state index is -1.80. The molecule has 40 heavy (non-hydrogen) atoms. The van der Waals surface area contributed by atoms with Crippen LogP contribution < -0.4 is 5.32 Å². The molecule has 0 aliphatic heterocycles. The monoisotopic (exact) mass is 561 g/mol. The second kappa shape index (κ2) is 10.8. The predicted octanol–water partition coefficient (Wildman–Crippen LogP) is 0.839. The van der Waals surface area contributed by atoms with Crippen LogP contribution in [-0.4, -0.2) is 80.3 Å². The minimum Gasteiger partial charge on any atom is -0.480 e. The summed E-state index contributed by atoms with van der Waals surface area (Å²) in [5.74, 6) is -3.93. The molecule has 0 radical (unpaired) electrons. The minimum absolute atomic E-state index is 0.0351. The second-order valence-corrected chi connectivity index (χ2v) is 12.3. The van der Waals surface area contributed by atoms with Gasteiger partial charge in [-0.05, 0) is 63.0 Å². The summed E-state index contributed by atoms with van der Waals surface area (Å²) >= 11 is 0. The van der Waals surface area contributed by atoms with Crippen molar-refractivity contribution >= 4 is 29.4 Å². The largest absolute Gasteiger partial charge is 0.480 e. The highest BCUT2D eigenvalue weighted by Crippen LogP contribution is 2.67. The van der Waals surface area contributed by atoms with E-state index in [2.05, 4.69) is 5.32 Å². The number of amides is 1. The Morgan fingerprint density at radius 2 is 1.88 bits per heavy atom. The van der Waals surface area contributed by atoms with Crippen LogP contribution in [0.1, 0.15) is 65.7 Å². The fourth-order valence-corrected chi connectivity index (χ4v) is 7.98. The fourth-order valence-electron chi connectivity index (χ4n) is 7.98. The van der Waals surface area contributed by atoms with Crippen molar-refractivity contribution in [1.82, 2.24) is 5.32 Å². The molecule has 11 heteroatoms. The Morgan fingerprint density at radius 3 is 2.52 bits per heavy atom. The number of carboxylic acid groups (broad SMARTS) is 1. The van der Waals surface area contributed by atoms with Gasteiger partial charge < -0.3 is 30.5 Å². The average molecular weight is 562 g/mol. The van der Waals surface area contributed by atoms with Crippen LogP contribution >= 0.6 is 0 Å². The summed E-state index contributed by atoms with van der Waals surface area (Å²) in [6.45, 7) is 4.39. The number of carbonyl (C=O) groups excluding carboxylic acids is 4. The van der Waals surface area contributed by atoms with Gasteiger partial charge in [0.2, 0.25) is 11.7 Å². The summed E-state index contributed by atoms with van der Waals surface area (Å²) in [5.41, 5.74) is -2.19. The van der Waals surface area contributed by atoms with Gasteiger partial charge in [0.15, 0.2) is 18.4 Å². The van der Waals surface area contributed by atoms with Gasteiger partial charge in [0.1, 0.15) is 5.60 Å². The van der Waals surface area contributed by atoms with Crippen molar-refractivity contribution in [2.75, 3.05) is 6.61 Å². The molecule has 1 amide bonds. The average Bonchev–Trinajstić information content (AvgIpc) is 3.15. The van der Waals surface area contributed by atoms with Crippen molar-refractivity contribution in [2.45, 2.75) is 89.6 Å². The summed E-state index contributed by atoms with van der Waals surface area (Å²) in [6.07, 6.45) is 4.52. The molecule has 0 aromatic heterocycles. The molecule has 0 unspecified atom stereocenters. The first-order valence-electron chi connectivity index (χ1n) is 13.9. The normalized spacial score (nSPS) is 37.8. The lowest BCUT2D eigenvalue weighted by atomic mass is 9.46. The maximum atomic E-state index is 13.3. The van der Waals surface area contributed by atoms with Gasteiger partial charge in [-0.3, -0.25) is 19.2 Å². The highest BCUT2D eigenvalue weighted by atomic mass is 16.5. The van der Waals surface area contributed by atoms with E-state index in [-0.39, 0.29) is 36.4 Å². The van der Waals surface area contributed by atoms with Crippen LogP contribution in [0.5, 0.6) is 0 Å². The number of hydrogen-bond acceptors (Lipinski definition) is 9. The number of Topliss-reactive ketones (excluding diaryl/α,β-unsaturated/α-hetero) is 1. The number of fused-ring (bicyclic) bond motifs is 5.